The second kappa shape index (κ2) is 5.31. The molecule has 2 heteroatoms. The number of hydrogen-bond acceptors (Lipinski definition) is 2. The van der Waals surface area contributed by atoms with Crippen molar-refractivity contribution in [2.75, 3.05) is 26.2 Å². The molecule has 0 spiro atoms. The summed E-state index contributed by atoms with van der Waals surface area (Å²) in [4.78, 5) is 2.67. The van der Waals surface area contributed by atoms with E-state index in [-0.39, 0.29) is 0 Å². The average molecular weight is 210 g/mol. The van der Waals surface area contributed by atoms with Gasteiger partial charge in [0.05, 0.1) is 0 Å². The molecule has 2 nitrogen and oxygen atoms in total. The molecule has 88 valence electrons. The molecule has 1 heterocycles. The van der Waals surface area contributed by atoms with Crippen LogP contribution in [0, 0.1) is 17.8 Å². The van der Waals surface area contributed by atoms with Crippen LogP contribution in [-0.4, -0.2) is 31.1 Å². The largest absolute Gasteiger partial charge is 0.330 e. The third-order valence-corrected chi connectivity index (χ3v) is 4.37. The number of likely N-dealkylation sites (tertiary alicyclic amines) is 1. The van der Waals surface area contributed by atoms with Gasteiger partial charge in [-0.05, 0) is 50.1 Å². The zero-order valence-corrected chi connectivity index (χ0v) is 10.1. The van der Waals surface area contributed by atoms with Crippen molar-refractivity contribution in [1.82, 2.24) is 4.90 Å². The van der Waals surface area contributed by atoms with Crippen molar-refractivity contribution in [3.05, 3.63) is 0 Å². The first kappa shape index (κ1) is 11.4. The standard InChI is InChI=1S/C13H26N2/c1-11-6-7-15(9-11)10-13-5-3-2-4-12(13)8-14/h11-13H,2-10,14H2,1H3. The van der Waals surface area contributed by atoms with E-state index in [1.165, 1.54) is 51.7 Å². The minimum atomic E-state index is 0.814. The van der Waals surface area contributed by atoms with Crippen molar-refractivity contribution in [2.24, 2.45) is 23.5 Å². The summed E-state index contributed by atoms with van der Waals surface area (Å²) in [5, 5.41) is 0. The van der Waals surface area contributed by atoms with E-state index in [9.17, 15) is 0 Å². The van der Waals surface area contributed by atoms with Crippen LogP contribution in [0.4, 0.5) is 0 Å². The van der Waals surface area contributed by atoms with Crippen LogP contribution in [-0.2, 0) is 0 Å². The predicted octanol–water partition coefficient (Wildman–Crippen LogP) is 2.09. The molecule has 0 bridgehead atoms. The molecule has 2 fully saturated rings. The van der Waals surface area contributed by atoms with Crippen LogP contribution in [0.1, 0.15) is 39.0 Å². The van der Waals surface area contributed by atoms with E-state index in [0.29, 0.717) is 0 Å². The molecule has 1 aliphatic carbocycles. The first-order valence-corrected chi connectivity index (χ1v) is 6.72. The van der Waals surface area contributed by atoms with Crippen LogP contribution in [0.2, 0.25) is 0 Å². The molecule has 2 rings (SSSR count). The van der Waals surface area contributed by atoms with Crippen molar-refractivity contribution >= 4 is 0 Å². The van der Waals surface area contributed by atoms with Crippen LogP contribution >= 0.6 is 0 Å². The quantitative estimate of drug-likeness (QED) is 0.773. The summed E-state index contributed by atoms with van der Waals surface area (Å²) in [6.45, 7) is 7.27. The highest BCUT2D eigenvalue weighted by atomic mass is 15.1. The summed E-state index contributed by atoms with van der Waals surface area (Å²) < 4.78 is 0. The Bertz CT molecular complexity index is 193. The lowest BCUT2D eigenvalue weighted by Crippen LogP contribution is -2.36. The third-order valence-electron chi connectivity index (χ3n) is 4.37. The summed E-state index contributed by atoms with van der Waals surface area (Å²) >= 11 is 0. The third kappa shape index (κ3) is 2.94. The highest BCUT2D eigenvalue weighted by molar-refractivity contribution is 4.81. The van der Waals surface area contributed by atoms with E-state index in [2.05, 4.69) is 11.8 Å². The predicted molar refractivity (Wildman–Crippen MR) is 64.7 cm³/mol. The van der Waals surface area contributed by atoms with Crippen molar-refractivity contribution in [1.29, 1.82) is 0 Å². The van der Waals surface area contributed by atoms with Gasteiger partial charge in [-0.1, -0.05) is 19.8 Å². The SMILES string of the molecule is CC1CCN(CC2CCCCC2CN)C1. The van der Waals surface area contributed by atoms with Gasteiger partial charge < -0.3 is 10.6 Å². The van der Waals surface area contributed by atoms with Crippen LogP contribution in [0.5, 0.6) is 0 Å². The maximum absolute atomic E-state index is 5.88. The van der Waals surface area contributed by atoms with Gasteiger partial charge in [-0.15, -0.1) is 0 Å². The fourth-order valence-electron chi connectivity index (χ4n) is 3.36. The lowest BCUT2D eigenvalue weighted by molar-refractivity contribution is 0.171. The zero-order valence-electron chi connectivity index (χ0n) is 10.1. The molecule has 0 aromatic carbocycles. The summed E-state index contributed by atoms with van der Waals surface area (Å²) in [5.74, 6) is 2.63. The summed E-state index contributed by atoms with van der Waals surface area (Å²) in [7, 11) is 0. The minimum absolute atomic E-state index is 0.814. The fourth-order valence-corrected chi connectivity index (χ4v) is 3.36. The molecule has 2 N–H and O–H groups in total. The maximum Gasteiger partial charge on any atom is 0.00129 e. The van der Waals surface area contributed by atoms with Crippen LogP contribution in [0.3, 0.4) is 0 Å². The molecular weight excluding hydrogens is 184 g/mol. The number of hydrogen-bond donors (Lipinski definition) is 1. The Kier molecular flexibility index (Phi) is 4.04. The lowest BCUT2D eigenvalue weighted by atomic mass is 9.79. The van der Waals surface area contributed by atoms with Gasteiger partial charge in [0, 0.05) is 13.1 Å². The monoisotopic (exact) mass is 210 g/mol. The van der Waals surface area contributed by atoms with E-state index >= 15 is 0 Å². The molecule has 2 aliphatic rings. The Morgan fingerprint density at radius 3 is 2.47 bits per heavy atom. The van der Waals surface area contributed by atoms with Crippen molar-refractivity contribution < 1.29 is 0 Å². The van der Waals surface area contributed by atoms with Crippen LogP contribution in [0.15, 0.2) is 0 Å². The molecular formula is C13H26N2. The van der Waals surface area contributed by atoms with E-state index in [4.69, 9.17) is 5.73 Å². The molecule has 0 aromatic heterocycles. The molecule has 0 amide bonds. The van der Waals surface area contributed by atoms with Crippen molar-refractivity contribution in [3.8, 4) is 0 Å². The van der Waals surface area contributed by atoms with E-state index in [1.807, 2.05) is 0 Å². The maximum atomic E-state index is 5.88. The minimum Gasteiger partial charge on any atom is -0.330 e. The molecule has 0 radical (unpaired) electrons. The molecule has 1 saturated carbocycles. The zero-order chi connectivity index (χ0) is 10.7. The summed E-state index contributed by atoms with van der Waals surface area (Å²) in [6.07, 6.45) is 7.05. The Morgan fingerprint density at radius 2 is 1.87 bits per heavy atom. The summed E-state index contributed by atoms with van der Waals surface area (Å²) in [6, 6.07) is 0. The smallest absolute Gasteiger partial charge is 0.00129 e. The van der Waals surface area contributed by atoms with Gasteiger partial charge in [-0.2, -0.15) is 0 Å². The van der Waals surface area contributed by atoms with Gasteiger partial charge in [-0.3, -0.25) is 0 Å². The second-order valence-corrected chi connectivity index (χ2v) is 5.69. The average Bonchev–Trinajstić information content (AvgIpc) is 2.65. The first-order valence-electron chi connectivity index (χ1n) is 6.72. The van der Waals surface area contributed by atoms with Gasteiger partial charge in [0.1, 0.15) is 0 Å². The fraction of sp³-hybridized carbons (Fsp3) is 1.00. The van der Waals surface area contributed by atoms with Gasteiger partial charge in [-0.25, -0.2) is 0 Å². The molecule has 0 aromatic rings. The van der Waals surface area contributed by atoms with Gasteiger partial charge >= 0.3 is 0 Å². The number of nitrogens with two attached hydrogens (primary N) is 1. The molecule has 15 heavy (non-hydrogen) atoms. The lowest BCUT2D eigenvalue weighted by Gasteiger charge is -2.33. The normalized spacial score (nSPS) is 38.4. The van der Waals surface area contributed by atoms with Crippen LogP contribution in [0.25, 0.3) is 0 Å². The van der Waals surface area contributed by atoms with Crippen molar-refractivity contribution in [3.63, 3.8) is 0 Å². The Hall–Kier alpha value is -0.0800. The van der Waals surface area contributed by atoms with Crippen LogP contribution < -0.4 is 5.73 Å². The van der Waals surface area contributed by atoms with Gasteiger partial charge in [0.25, 0.3) is 0 Å². The first-order chi connectivity index (χ1) is 7.29. The molecule has 1 aliphatic heterocycles. The highest BCUT2D eigenvalue weighted by Gasteiger charge is 2.28. The van der Waals surface area contributed by atoms with E-state index < -0.39 is 0 Å². The molecule has 3 unspecified atom stereocenters. The topological polar surface area (TPSA) is 29.3 Å². The van der Waals surface area contributed by atoms with Gasteiger partial charge in [0.15, 0.2) is 0 Å². The molecule has 1 saturated heterocycles. The Labute approximate surface area is 94.2 Å². The molecule has 3 atom stereocenters. The summed E-state index contributed by atoms with van der Waals surface area (Å²) in [5.41, 5.74) is 5.88. The van der Waals surface area contributed by atoms with E-state index in [1.54, 1.807) is 0 Å². The van der Waals surface area contributed by atoms with Crippen molar-refractivity contribution in [2.45, 2.75) is 39.0 Å². The Balaban J connectivity index is 1.81. The Morgan fingerprint density at radius 1 is 1.13 bits per heavy atom. The number of nitrogens with zero attached hydrogens (tertiary/aromatic N) is 1. The highest BCUT2D eigenvalue weighted by Crippen LogP contribution is 2.31. The number of rotatable bonds is 3. The second-order valence-electron chi connectivity index (χ2n) is 5.69. The van der Waals surface area contributed by atoms with E-state index in [0.717, 1.165) is 24.3 Å². The van der Waals surface area contributed by atoms with Gasteiger partial charge in [0.2, 0.25) is 0 Å².